The van der Waals surface area contributed by atoms with Gasteiger partial charge < -0.3 is 15.0 Å². The molecule has 1 aromatic carbocycles. The molecule has 6 nitrogen and oxygen atoms in total. The van der Waals surface area contributed by atoms with Crippen molar-refractivity contribution < 1.29 is 4.74 Å². The molecule has 0 bridgehead atoms. The van der Waals surface area contributed by atoms with Crippen molar-refractivity contribution in [3.05, 3.63) is 69.8 Å². The molecule has 2 heterocycles. The number of H-pyrrole nitrogens is 1. The van der Waals surface area contributed by atoms with Gasteiger partial charge in [-0.15, -0.1) is 0 Å². The number of nitrogens with one attached hydrogen (secondary N) is 2. The van der Waals surface area contributed by atoms with Crippen LogP contribution in [0.4, 0.5) is 5.82 Å². The van der Waals surface area contributed by atoms with E-state index in [-0.39, 0.29) is 5.56 Å². The summed E-state index contributed by atoms with van der Waals surface area (Å²) >= 11 is 0. The smallest absolute Gasteiger partial charge is 0.254 e. The van der Waals surface area contributed by atoms with Gasteiger partial charge in [-0.25, -0.2) is 9.97 Å². The molecule has 6 heteroatoms. The van der Waals surface area contributed by atoms with Gasteiger partial charge in [0.25, 0.3) is 5.56 Å². The Labute approximate surface area is 152 Å². The third-order valence-electron chi connectivity index (χ3n) is 4.10. The first kappa shape index (κ1) is 17.7. The molecule has 2 N–H and O–H groups in total. The fourth-order valence-corrected chi connectivity index (χ4v) is 2.47. The van der Waals surface area contributed by atoms with E-state index < -0.39 is 0 Å². The summed E-state index contributed by atoms with van der Waals surface area (Å²) in [4.78, 5) is 23.4. The molecule has 0 aliphatic heterocycles. The number of benzene rings is 1. The minimum atomic E-state index is -0.122. The first-order chi connectivity index (χ1) is 12.5. The lowest BCUT2D eigenvalue weighted by molar-refractivity contribution is 0.332. The predicted octanol–water partition coefficient (Wildman–Crippen LogP) is 3.25. The van der Waals surface area contributed by atoms with E-state index in [1.54, 1.807) is 13.1 Å². The van der Waals surface area contributed by atoms with E-state index in [2.05, 4.69) is 20.3 Å². The second-order valence-electron chi connectivity index (χ2n) is 6.15. The van der Waals surface area contributed by atoms with Crippen LogP contribution in [0.15, 0.2) is 47.4 Å². The lowest BCUT2D eigenvalue weighted by Gasteiger charge is -2.09. The molecule has 0 unspecified atom stereocenters. The number of pyridine rings is 1. The molecular formula is C20H22N4O2. The number of anilines is 1. The average molecular weight is 350 g/mol. The van der Waals surface area contributed by atoms with Gasteiger partial charge in [0, 0.05) is 23.0 Å². The van der Waals surface area contributed by atoms with Crippen molar-refractivity contribution in [1.29, 1.82) is 0 Å². The predicted molar refractivity (Wildman–Crippen MR) is 103 cm³/mol. The maximum atomic E-state index is 11.9. The minimum Gasteiger partial charge on any atom is -0.492 e. The highest BCUT2D eigenvalue weighted by Crippen LogP contribution is 2.15. The Morgan fingerprint density at radius 2 is 2.00 bits per heavy atom. The molecule has 26 heavy (non-hydrogen) atoms. The van der Waals surface area contributed by atoms with Crippen molar-refractivity contribution in [2.24, 2.45) is 0 Å². The monoisotopic (exact) mass is 350 g/mol. The van der Waals surface area contributed by atoms with Gasteiger partial charge in [-0.3, -0.25) is 4.79 Å². The molecule has 134 valence electrons. The third-order valence-corrected chi connectivity index (χ3v) is 4.10. The molecule has 0 saturated carbocycles. The molecule has 3 aromatic rings. The molecule has 0 atom stereocenters. The fraction of sp³-hybridized carbons (Fsp3) is 0.250. The summed E-state index contributed by atoms with van der Waals surface area (Å²) in [6.07, 6.45) is 1.69. The number of ether oxygens (including phenoxy) is 1. The molecule has 0 aliphatic carbocycles. The topological polar surface area (TPSA) is 79.9 Å². The van der Waals surface area contributed by atoms with Crippen LogP contribution in [-0.4, -0.2) is 28.1 Å². The van der Waals surface area contributed by atoms with E-state index in [1.165, 1.54) is 5.56 Å². The number of hydrogen-bond acceptors (Lipinski definition) is 5. The molecule has 2 aromatic heterocycles. The van der Waals surface area contributed by atoms with Crippen molar-refractivity contribution in [1.82, 2.24) is 15.0 Å². The van der Waals surface area contributed by atoms with Gasteiger partial charge in [0.2, 0.25) is 0 Å². The average Bonchev–Trinajstić information content (AvgIpc) is 2.63. The summed E-state index contributed by atoms with van der Waals surface area (Å²) in [6.45, 7) is 6.80. The second-order valence-corrected chi connectivity index (χ2v) is 6.15. The van der Waals surface area contributed by atoms with Crippen LogP contribution in [0, 0.1) is 20.8 Å². The highest BCUT2D eigenvalue weighted by atomic mass is 16.5. The van der Waals surface area contributed by atoms with Crippen LogP contribution >= 0.6 is 0 Å². The third kappa shape index (κ3) is 4.27. The number of hydrogen-bond donors (Lipinski definition) is 2. The number of aryl methyl sites for hydroxylation is 2. The molecule has 0 fully saturated rings. The SMILES string of the molecule is Cc1cccc(OCCNc2ccc(-c3nc(C)c(C)c(=O)[nH]3)cn2)c1. The highest BCUT2D eigenvalue weighted by Gasteiger charge is 2.06. The zero-order chi connectivity index (χ0) is 18.5. The summed E-state index contributed by atoms with van der Waals surface area (Å²) in [7, 11) is 0. The van der Waals surface area contributed by atoms with Crippen LogP contribution in [0.1, 0.15) is 16.8 Å². The number of aromatic amines is 1. The summed E-state index contributed by atoms with van der Waals surface area (Å²) in [5, 5.41) is 3.21. The Kier molecular flexibility index (Phi) is 5.31. The van der Waals surface area contributed by atoms with E-state index >= 15 is 0 Å². The summed E-state index contributed by atoms with van der Waals surface area (Å²) in [6, 6.07) is 11.7. The van der Waals surface area contributed by atoms with E-state index in [9.17, 15) is 4.79 Å². The van der Waals surface area contributed by atoms with Gasteiger partial charge in [0.15, 0.2) is 0 Å². The molecule has 0 saturated heterocycles. The number of aromatic nitrogens is 3. The standard InChI is InChI=1S/C20H22N4O2/c1-13-5-4-6-17(11-13)26-10-9-21-18-8-7-16(12-22-18)19-23-15(3)14(2)20(25)24-19/h4-8,11-12H,9-10H2,1-3H3,(H,21,22)(H,23,24,25). The Morgan fingerprint density at radius 1 is 1.15 bits per heavy atom. The Hall–Kier alpha value is -3.15. The highest BCUT2D eigenvalue weighted by molar-refractivity contribution is 5.56. The minimum absolute atomic E-state index is 0.122. The first-order valence-corrected chi connectivity index (χ1v) is 8.50. The first-order valence-electron chi connectivity index (χ1n) is 8.50. The molecule has 3 rings (SSSR count). The van der Waals surface area contributed by atoms with E-state index in [0.29, 0.717) is 24.5 Å². The van der Waals surface area contributed by atoms with Crippen molar-refractivity contribution in [2.45, 2.75) is 20.8 Å². The molecule has 0 spiro atoms. The van der Waals surface area contributed by atoms with Crippen LogP contribution in [0.2, 0.25) is 0 Å². The number of nitrogens with zero attached hydrogens (tertiary/aromatic N) is 2. The van der Waals surface area contributed by atoms with E-state index in [4.69, 9.17) is 4.74 Å². The van der Waals surface area contributed by atoms with E-state index in [0.717, 1.165) is 22.8 Å². The van der Waals surface area contributed by atoms with Gasteiger partial charge in [-0.2, -0.15) is 0 Å². The quantitative estimate of drug-likeness (QED) is 0.667. The van der Waals surface area contributed by atoms with Crippen LogP contribution in [0.3, 0.4) is 0 Å². The summed E-state index contributed by atoms with van der Waals surface area (Å²) in [5.74, 6) is 2.13. The normalized spacial score (nSPS) is 10.6. The van der Waals surface area contributed by atoms with Gasteiger partial charge in [-0.05, 0) is 50.6 Å². The van der Waals surface area contributed by atoms with Crippen LogP contribution < -0.4 is 15.6 Å². The maximum Gasteiger partial charge on any atom is 0.254 e. The Morgan fingerprint density at radius 3 is 2.69 bits per heavy atom. The van der Waals surface area contributed by atoms with Gasteiger partial charge >= 0.3 is 0 Å². The molecular weight excluding hydrogens is 328 g/mol. The summed E-state index contributed by atoms with van der Waals surface area (Å²) < 4.78 is 5.70. The second kappa shape index (κ2) is 7.82. The van der Waals surface area contributed by atoms with Crippen LogP contribution in [0.25, 0.3) is 11.4 Å². The largest absolute Gasteiger partial charge is 0.492 e. The maximum absolute atomic E-state index is 11.9. The lowest BCUT2D eigenvalue weighted by atomic mass is 10.2. The van der Waals surface area contributed by atoms with Gasteiger partial charge in [0.05, 0.1) is 6.54 Å². The van der Waals surface area contributed by atoms with Gasteiger partial charge in [0.1, 0.15) is 24.0 Å². The molecule has 0 amide bonds. The Balaban J connectivity index is 1.57. The van der Waals surface area contributed by atoms with E-state index in [1.807, 2.05) is 50.2 Å². The molecule has 0 radical (unpaired) electrons. The lowest BCUT2D eigenvalue weighted by Crippen LogP contribution is -2.14. The van der Waals surface area contributed by atoms with Gasteiger partial charge in [-0.1, -0.05) is 12.1 Å². The van der Waals surface area contributed by atoms with Crippen molar-refractivity contribution in [3.8, 4) is 17.1 Å². The molecule has 0 aliphatic rings. The number of rotatable bonds is 6. The van der Waals surface area contributed by atoms with Crippen LogP contribution in [-0.2, 0) is 0 Å². The summed E-state index contributed by atoms with van der Waals surface area (Å²) in [5.41, 5.74) is 3.17. The van der Waals surface area contributed by atoms with Crippen LogP contribution in [0.5, 0.6) is 5.75 Å². The Bertz CT molecular complexity index is 949. The van der Waals surface area contributed by atoms with Crippen molar-refractivity contribution in [3.63, 3.8) is 0 Å². The zero-order valence-corrected chi connectivity index (χ0v) is 15.2. The van der Waals surface area contributed by atoms with Crippen molar-refractivity contribution in [2.75, 3.05) is 18.5 Å². The fourth-order valence-electron chi connectivity index (χ4n) is 2.47. The zero-order valence-electron chi connectivity index (χ0n) is 15.2. The van der Waals surface area contributed by atoms with Crippen molar-refractivity contribution >= 4 is 5.82 Å².